The van der Waals surface area contributed by atoms with Gasteiger partial charge in [-0.1, -0.05) is 36.2 Å². The fraction of sp³-hybridized carbons (Fsp3) is 0.455. The minimum atomic E-state index is -0.0392. The number of phenols is 2. The highest BCUT2D eigenvalue weighted by atomic mass is 35.5. The predicted molar refractivity (Wildman–Crippen MR) is 114 cm³/mol. The second-order valence-electron chi connectivity index (χ2n) is 7.33. The van der Waals surface area contributed by atoms with E-state index in [4.69, 9.17) is 27.9 Å². The molecule has 0 spiro atoms. The monoisotopic (exact) mass is 423 g/mol. The van der Waals surface area contributed by atoms with E-state index < -0.39 is 0 Å². The Morgan fingerprint density at radius 2 is 1.89 bits per heavy atom. The predicted octanol–water partition coefficient (Wildman–Crippen LogP) is 5.66. The summed E-state index contributed by atoms with van der Waals surface area (Å²) in [6.45, 7) is 3.52. The van der Waals surface area contributed by atoms with Gasteiger partial charge >= 0.3 is 0 Å². The number of hydrogen-bond acceptors (Lipinski definition) is 4. The molecule has 0 amide bonds. The first-order valence-electron chi connectivity index (χ1n) is 9.84. The van der Waals surface area contributed by atoms with E-state index in [9.17, 15) is 10.2 Å². The zero-order valence-corrected chi connectivity index (χ0v) is 17.6. The summed E-state index contributed by atoms with van der Waals surface area (Å²) in [6.07, 6.45) is 4.95. The molecule has 152 valence electrons. The summed E-state index contributed by atoms with van der Waals surface area (Å²) in [6, 6.07) is 9.08. The molecule has 0 heterocycles. The van der Waals surface area contributed by atoms with E-state index >= 15 is 0 Å². The molecule has 1 aliphatic carbocycles. The van der Waals surface area contributed by atoms with Crippen LogP contribution in [0.25, 0.3) is 0 Å². The molecule has 2 aromatic carbocycles. The van der Waals surface area contributed by atoms with E-state index in [1.807, 2.05) is 0 Å². The molecule has 2 unspecified atom stereocenters. The summed E-state index contributed by atoms with van der Waals surface area (Å²) in [5, 5.41) is 24.3. The van der Waals surface area contributed by atoms with Crippen LogP contribution in [0.1, 0.15) is 49.7 Å². The normalized spacial score (nSPS) is 17.2. The minimum absolute atomic E-state index is 0.0332. The molecule has 0 saturated heterocycles. The van der Waals surface area contributed by atoms with Gasteiger partial charge in [-0.05, 0) is 73.4 Å². The smallest absolute Gasteiger partial charge is 0.157 e. The first-order chi connectivity index (χ1) is 13.5. The highest BCUT2D eigenvalue weighted by Gasteiger charge is 2.23. The first-order valence-corrected chi connectivity index (χ1v) is 10.6. The van der Waals surface area contributed by atoms with Gasteiger partial charge in [-0.2, -0.15) is 0 Å². The topological polar surface area (TPSA) is 61.7 Å². The molecule has 0 radical (unpaired) electrons. The summed E-state index contributed by atoms with van der Waals surface area (Å²) in [7, 11) is 0. The van der Waals surface area contributed by atoms with Gasteiger partial charge in [0, 0.05) is 12.6 Å². The van der Waals surface area contributed by atoms with Crippen LogP contribution in [0.15, 0.2) is 30.3 Å². The zero-order chi connectivity index (χ0) is 20.1. The van der Waals surface area contributed by atoms with Gasteiger partial charge in [0.1, 0.15) is 0 Å². The number of aryl methyl sites for hydroxylation is 1. The summed E-state index contributed by atoms with van der Waals surface area (Å²) >= 11 is 12.3. The van der Waals surface area contributed by atoms with Crippen LogP contribution in [0.3, 0.4) is 0 Å². The minimum Gasteiger partial charge on any atom is -0.504 e. The quantitative estimate of drug-likeness (QED) is 0.479. The van der Waals surface area contributed by atoms with Gasteiger partial charge in [0.2, 0.25) is 0 Å². The Labute approximate surface area is 176 Å². The van der Waals surface area contributed by atoms with Gasteiger partial charge < -0.3 is 20.3 Å². The Balaban J connectivity index is 1.54. The number of benzene rings is 2. The van der Waals surface area contributed by atoms with Gasteiger partial charge in [0.05, 0.1) is 16.7 Å². The van der Waals surface area contributed by atoms with Crippen molar-refractivity contribution in [3.05, 3.63) is 51.5 Å². The number of nitrogens with one attached hydrogen (secondary N) is 1. The maximum Gasteiger partial charge on any atom is 0.157 e. The highest BCUT2D eigenvalue weighted by Crippen LogP contribution is 2.38. The van der Waals surface area contributed by atoms with Gasteiger partial charge in [0.15, 0.2) is 17.2 Å². The standard InChI is InChI=1S/C22H27Cl2NO3/c1-2-16(9-10-28-22-18(23)7-4-8-19(22)24)25-13-15-6-3-5-14-11-20(26)21(27)12-17(14)15/h4,7-8,11-12,15-16,25-27H,2-3,5-6,9-10,13H2,1H3. The van der Waals surface area contributed by atoms with Crippen molar-refractivity contribution >= 4 is 23.2 Å². The number of aromatic hydroxyl groups is 2. The Kier molecular flexibility index (Phi) is 7.33. The van der Waals surface area contributed by atoms with Crippen LogP contribution in [0.2, 0.25) is 10.0 Å². The van der Waals surface area contributed by atoms with Crippen LogP contribution < -0.4 is 10.1 Å². The largest absolute Gasteiger partial charge is 0.504 e. The molecule has 3 N–H and O–H groups in total. The van der Waals surface area contributed by atoms with E-state index in [1.165, 1.54) is 0 Å². The fourth-order valence-electron chi connectivity index (χ4n) is 3.82. The molecule has 0 fully saturated rings. The Hall–Kier alpha value is -1.62. The van der Waals surface area contributed by atoms with Crippen molar-refractivity contribution in [1.82, 2.24) is 5.32 Å². The van der Waals surface area contributed by atoms with Crippen molar-refractivity contribution in [3.63, 3.8) is 0 Å². The van der Waals surface area contributed by atoms with Gasteiger partial charge in [0.25, 0.3) is 0 Å². The second-order valence-corrected chi connectivity index (χ2v) is 8.14. The third kappa shape index (κ3) is 5.05. The Morgan fingerprint density at radius 3 is 2.61 bits per heavy atom. The fourth-order valence-corrected chi connectivity index (χ4v) is 4.33. The van der Waals surface area contributed by atoms with Crippen molar-refractivity contribution < 1.29 is 14.9 Å². The van der Waals surface area contributed by atoms with Crippen molar-refractivity contribution in [1.29, 1.82) is 0 Å². The van der Waals surface area contributed by atoms with Crippen molar-refractivity contribution in [3.8, 4) is 17.2 Å². The van der Waals surface area contributed by atoms with Gasteiger partial charge in [-0.3, -0.25) is 0 Å². The SMILES string of the molecule is CCC(CCOc1c(Cl)cccc1Cl)NCC1CCCc2cc(O)c(O)cc21. The Morgan fingerprint density at radius 1 is 1.18 bits per heavy atom. The third-order valence-corrected chi connectivity index (χ3v) is 6.05. The van der Waals surface area contributed by atoms with E-state index in [0.717, 1.165) is 49.8 Å². The average molecular weight is 424 g/mol. The lowest BCUT2D eigenvalue weighted by molar-refractivity contribution is 0.280. The summed E-state index contributed by atoms with van der Waals surface area (Å²) in [4.78, 5) is 0. The van der Waals surface area contributed by atoms with E-state index in [1.54, 1.807) is 30.3 Å². The first kappa shape index (κ1) is 21.1. The van der Waals surface area contributed by atoms with Gasteiger partial charge in [-0.15, -0.1) is 0 Å². The molecular formula is C22H27Cl2NO3. The van der Waals surface area contributed by atoms with Crippen LogP contribution in [-0.4, -0.2) is 29.4 Å². The number of fused-ring (bicyclic) bond motifs is 1. The molecule has 4 nitrogen and oxygen atoms in total. The van der Waals surface area contributed by atoms with Crippen LogP contribution in [-0.2, 0) is 6.42 Å². The molecule has 0 aliphatic heterocycles. The molecule has 1 aliphatic rings. The lowest BCUT2D eigenvalue weighted by Gasteiger charge is -2.28. The maximum absolute atomic E-state index is 9.88. The van der Waals surface area contributed by atoms with E-state index in [0.29, 0.717) is 34.4 Å². The number of halogens is 2. The summed E-state index contributed by atoms with van der Waals surface area (Å²) in [5.41, 5.74) is 2.28. The zero-order valence-electron chi connectivity index (χ0n) is 16.0. The van der Waals surface area contributed by atoms with Gasteiger partial charge in [-0.25, -0.2) is 0 Å². The number of ether oxygens (including phenoxy) is 1. The van der Waals surface area contributed by atoms with Crippen LogP contribution in [0.5, 0.6) is 17.2 Å². The average Bonchev–Trinajstić information content (AvgIpc) is 2.67. The molecule has 3 rings (SSSR count). The summed E-state index contributed by atoms with van der Waals surface area (Å²) < 4.78 is 5.81. The third-order valence-electron chi connectivity index (χ3n) is 5.45. The number of phenolic OH excluding ortho intramolecular Hbond substituents is 2. The van der Waals surface area contributed by atoms with Crippen molar-refractivity contribution in [2.24, 2.45) is 0 Å². The lowest BCUT2D eigenvalue weighted by atomic mass is 9.82. The maximum atomic E-state index is 9.88. The summed E-state index contributed by atoms with van der Waals surface area (Å²) in [5.74, 6) is 0.803. The molecule has 0 bridgehead atoms. The van der Waals surface area contributed by atoms with Crippen molar-refractivity contribution in [2.75, 3.05) is 13.2 Å². The van der Waals surface area contributed by atoms with Crippen molar-refractivity contribution in [2.45, 2.75) is 51.0 Å². The molecule has 28 heavy (non-hydrogen) atoms. The van der Waals surface area contributed by atoms with Crippen LogP contribution in [0, 0.1) is 0 Å². The number of rotatable bonds is 8. The Bertz CT molecular complexity index is 792. The van der Waals surface area contributed by atoms with E-state index in [-0.39, 0.29) is 11.5 Å². The van der Waals surface area contributed by atoms with Crippen LogP contribution in [0.4, 0.5) is 0 Å². The lowest BCUT2D eigenvalue weighted by Crippen LogP contribution is -2.34. The molecular weight excluding hydrogens is 397 g/mol. The second kappa shape index (κ2) is 9.73. The molecule has 2 aromatic rings. The number of para-hydroxylation sites is 1. The molecule has 0 saturated carbocycles. The number of hydrogen-bond donors (Lipinski definition) is 3. The molecule has 0 aromatic heterocycles. The molecule has 6 heteroatoms. The van der Waals surface area contributed by atoms with Crippen LogP contribution >= 0.6 is 23.2 Å². The molecule has 2 atom stereocenters. The van der Waals surface area contributed by atoms with E-state index in [2.05, 4.69) is 12.2 Å². The highest BCUT2D eigenvalue weighted by molar-refractivity contribution is 6.37.